The summed E-state index contributed by atoms with van der Waals surface area (Å²) in [5.74, 6) is -2.37. The number of amides is 4. The zero-order valence-electron chi connectivity index (χ0n) is 40.4. The van der Waals surface area contributed by atoms with Gasteiger partial charge in [0.1, 0.15) is 36.8 Å². The number of ether oxygens (including phenoxy) is 2. The summed E-state index contributed by atoms with van der Waals surface area (Å²) in [6.07, 6.45) is -3.93. The molecular formula is C45H55N11O15P2S2. The maximum Gasteiger partial charge on any atom is 0.407 e. The van der Waals surface area contributed by atoms with Crippen molar-refractivity contribution in [3.8, 4) is 5.88 Å². The van der Waals surface area contributed by atoms with Crippen LogP contribution in [0.5, 0.6) is 5.88 Å². The van der Waals surface area contributed by atoms with Gasteiger partial charge in [0.15, 0.2) is 17.4 Å². The van der Waals surface area contributed by atoms with Crippen molar-refractivity contribution in [3.63, 3.8) is 0 Å². The van der Waals surface area contributed by atoms with Gasteiger partial charge in [0.2, 0.25) is 23.6 Å². The first kappa shape index (κ1) is 55.5. The van der Waals surface area contributed by atoms with Crippen LogP contribution in [-0.2, 0) is 54.5 Å². The number of carboxylic acid groups (broad SMARTS) is 1. The molecule has 30 heteroatoms. The second-order valence-corrected chi connectivity index (χ2v) is 24.1. The van der Waals surface area contributed by atoms with Gasteiger partial charge in [0, 0.05) is 48.9 Å². The molecule has 3 aromatic heterocycles. The van der Waals surface area contributed by atoms with E-state index in [9.17, 15) is 43.3 Å². The van der Waals surface area contributed by atoms with Gasteiger partial charge in [-0.15, -0.1) is 0 Å². The van der Waals surface area contributed by atoms with Gasteiger partial charge in [-0.3, -0.25) is 47.6 Å². The van der Waals surface area contributed by atoms with Crippen LogP contribution in [0.3, 0.4) is 0 Å². The van der Waals surface area contributed by atoms with Gasteiger partial charge in [-0.05, 0) is 55.0 Å². The molecule has 8 rings (SSSR count). The summed E-state index contributed by atoms with van der Waals surface area (Å²) < 4.78 is 64.0. The van der Waals surface area contributed by atoms with Crippen LogP contribution in [0.1, 0.15) is 61.3 Å². The first-order valence-electron chi connectivity index (χ1n) is 23.5. The molecule has 1 saturated carbocycles. The lowest BCUT2D eigenvalue weighted by Crippen LogP contribution is -2.50. The number of H-pyrrole nitrogens is 1. The fourth-order valence-corrected chi connectivity index (χ4v) is 11.6. The molecule has 5 heterocycles. The summed E-state index contributed by atoms with van der Waals surface area (Å²) in [6, 6.07) is 12.9. The number of nitrogens with one attached hydrogen (secondary N) is 4. The minimum absolute atomic E-state index is 0.0376. The van der Waals surface area contributed by atoms with Gasteiger partial charge in [0.25, 0.3) is 11.5 Å². The molecule has 11 atom stereocenters. The van der Waals surface area contributed by atoms with E-state index in [0.29, 0.717) is 22.7 Å². The number of nitrogens with zero attached hydrogens (tertiary/aromatic N) is 6. The quantitative estimate of drug-likeness (QED) is 0.0520. The van der Waals surface area contributed by atoms with E-state index in [1.165, 1.54) is 30.1 Å². The number of hydrogen-bond donors (Lipinski definition) is 9. The Morgan fingerprint density at radius 3 is 2.41 bits per heavy atom. The molecule has 2 aromatic carbocycles. The maximum atomic E-state index is 13.9. The number of hydrogen-bond acceptors (Lipinski definition) is 19. The number of anilines is 2. The minimum Gasteiger partial charge on any atom is -0.474 e. The van der Waals surface area contributed by atoms with E-state index in [1.807, 2.05) is 0 Å². The Hall–Kier alpha value is -5.77. The smallest absolute Gasteiger partial charge is 0.407 e. The van der Waals surface area contributed by atoms with Crippen LogP contribution in [0.25, 0.3) is 11.2 Å². The van der Waals surface area contributed by atoms with Gasteiger partial charge < -0.3 is 45.5 Å². The van der Waals surface area contributed by atoms with Gasteiger partial charge in [0.05, 0.1) is 31.7 Å². The topological polar surface area (TPSA) is 353 Å². The van der Waals surface area contributed by atoms with Crippen molar-refractivity contribution in [3.05, 3.63) is 100 Å². The highest BCUT2D eigenvalue weighted by molar-refractivity contribution is 8.44. The van der Waals surface area contributed by atoms with Gasteiger partial charge in [-0.1, -0.05) is 68.7 Å². The summed E-state index contributed by atoms with van der Waals surface area (Å²) >= 11 is 8.41. The van der Waals surface area contributed by atoms with Crippen LogP contribution in [0.15, 0.2) is 78.2 Å². The van der Waals surface area contributed by atoms with Crippen LogP contribution in [-0.4, -0.2) is 131 Å². The van der Waals surface area contributed by atoms with E-state index >= 15 is 0 Å². The molecule has 2 bridgehead atoms. The van der Waals surface area contributed by atoms with E-state index in [-0.39, 0.29) is 67.6 Å². The SMILES string of the molecule is CC(NC(=O)C(N)C(C)C)C(=O)Nc1ccc(CN(CCc2ccccc2C(=O)Nc2nc3c(ncn3[C@@H]3O[C@@H]4CO[P@@](=O)(S)O[C@H]5C[C@H](Oc6ccncn6)C[C@@H]5CO[P@@](=O)(S)O[C@@H]3[C@@H]4O)c(=O)[nH]2)C(=O)O)cc1. The number of fused-ring (bicyclic) bond motifs is 4. The number of benzene rings is 2. The molecule has 1 aliphatic carbocycles. The Bertz CT molecular complexity index is 3050. The Kier molecular flexibility index (Phi) is 17.5. The van der Waals surface area contributed by atoms with Crippen molar-refractivity contribution in [1.82, 2.24) is 39.7 Å². The molecule has 4 amide bonds. The number of nitrogens with two attached hydrogens (primary N) is 1. The van der Waals surface area contributed by atoms with E-state index in [2.05, 4.69) is 65.4 Å². The molecule has 0 radical (unpaired) electrons. The third-order valence-corrected chi connectivity index (χ3v) is 15.9. The van der Waals surface area contributed by atoms with Crippen molar-refractivity contribution >= 4 is 84.7 Å². The van der Waals surface area contributed by atoms with Crippen LogP contribution in [0.4, 0.5) is 16.4 Å². The third kappa shape index (κ3) is 13.8. The third-order valence-electron chi connectivity index (χ3n) is 12.6. The van der Waals surface area contributed by atoms with E-state index in [0.717, 1.165) is 11.2 Å². The molecule has 5 aromatic rings. The highest BCUT2D eigenvalue weighted by Gasteiger charge is 2.51. The van der Waals surface area contributed by atoms with Crippen LogP contribution in [0, 0.1) is 11.8 Å². The van der Waals surface area contributed by atoms with Gasteiger partial charge >= 0.3 is 19.7 Å². The second kappa shape index (κ2) is 23.6. The van der Waals surface area contributed by atoms with Gasteiger partial charge in [-0.25, -0.2) is 28.9 Å². The Balaban J connectivity index is 0.934. The van der Waals surface area contributed by atoms with Crippen molar-refractivity contribution in [1.29, 1.82) is 0 Å². The van der Waals surface area contributed by atoms with E-state index in [1.54, 1.807) is 62.4 Å². The number of aromatic nitrogens is 6. The number of thiol groups is 2. The molecule has 0 spiro atoms. The van der Waals surface area contributed by atoms with E-state index < -0.39 is 104 Å². The van der Waals surface area contributed by atoms with Gasteiger partial charge in [-0.2, -0.15) is 4.98 Å². The fraction of sp³-hybridized carbons (Fsp3) is 0.444. The number of carbonyl (C=O) groups excluding carboxylic acids is 3. The average Bonchev–Trinajstić information content (AvgIpc) is 4.06. The molecule has 26 nitrogen and oxygen atoms in total. The Morgan fingerprint density at radius 1 is 0.960 bits per heavy atom. The molecule has 2 aliphatic heterocycles. The average molecular weight is 1120 g/mol. The Labute approximate surface area is 438 Å². The summed E-state index contributed by atoms with van der Waals surface area (Å²) in [5.41, 5.74) is 6.31. The predicted molar refractivity (Wildman–Crippen MR) is 274 cm³/mol. The molecule has 2 saturated heterocycles. The standard InChI is InChI=1S/C45H55N11O15P2S2/c1-23(2)34(46)41(60)50-24(3)39(58)51-28-10-8-25(9-11-28)18-55(45(62)63)15-13-26-6-4-5-7-30(26)40(59)53-44-52-38-35(42(61)54-44)49-22-56(38)43-37-36(57)32(69-43)20-67-72(64,74)70-31-17-29(68-33-12-14-47-21-48-33)16-27(31)19-66-73(65,75)71-37/h4-12,14,21-24,27,29,31-32,34,36-37,43,57H,13,15-20,46H2,1-3H3,(H,50,60)(H,51,58)(H,62,63)(H,64,74)(H,65,75)(H2,52,53,54,59,61)/t24?,27-,29-,31+,32-,34?,36-,37-,43-,72-,73-/m1/s1. The zero-order chi connectivity index (χ0) is 53.8. The number of rotatable bonds is 15. The second-order valence-electron chi connectivity index (χ2n) is 18.3. The van der Waals surface area contributed by atoms with Crippen molar-refractivity contribution < 1.29 is 66.1 Å². The summed E-state index contributed by atoms with van der Waals surface area (Å²) in [6.45, 7) is -4.34. The van der Waals surface area contributed by atoms with Crippen molar-refractivity contribution in [2.75, 3.05) is 30.4 Å². The van der Waals surface area contributed by atoms with Crippen LogP contribution in [0.2, 0.25) is 0 Å². The van der Waals surface area contributed by atoms with Crippen molar-refractivity contribution in [2.24, 2.45) is 17.6 Å². The molecular weight excluding hydrogens is 1060 g/mol. The zero-order valence-corrected chi connectivity index (χ0v) is 44.0. The number of aliphatic hydroxyl groups is 1. The largest absolute Gasteiger partial charge is 0.474 e. The summed E-state index contributed by atoms with van der Waals surface area (Å²) in [7, 11) is 0. The molecule has 3 aliphatic rings. The van der Waals surface area contributed by atoms with Crippen molar-refractivity contribution in [2.45, 2.75) is 95.4 Å². The normalized spacial score (nSPS) is 26.7. The number of aliphatic hydroxyl groups excluding tert-OH is 1. The molecule has 2 unspecified atom stereocenters. The monoisotopic (exact) mass is 1120 g/mol. The molecule has 402 valence electrons. The van der Waals surface area contributed by atoms with Crippen LogP contribution < -0.4 is 32.0 Å². The first-order valence-corrected chi connectivity index (χ1v) is 28.9. The lowest BCUT2D eigenvalue weighted by Gasteiger charge is -2.26. The lowest BCUT2D eigenvalue weighted by molar-refractivity contribution is -0.127. The number of carbonyl (C=O) groups is 4. The molecule has 75 heavy (non-hydrogen) atoms. The number of imidazole rings is 1. The highest BCUT2D eigenvalue weighted by Crippen LogP contribution is 2.60. The van der Waals surface area contributed by atoms with E-state index in [4.69, 9.17) is 33.3 Å². The molecule has 8 N–H and O–H groups in total. The highest BCUT2D eigenvalue weighted by atomic mass is 32.7. The maximum absolute atomic E-state index is 13.9. The molecule has 3 fully saturated rings. The first-order chi connectivity index (χ1) is 35.6. The summed E-state index contributed by atoms with van der Waals surface area (Å²) in [5, 5.41) is 29.6. The van der Waals surface area contributed by atoms with Crippen LogP contribution >= 0.6 is 38.1 Å². The number of aromatic amines is 1. The minimum atomic E-state index is -4.36. The predicted octanol–water partition coefficient (Wildman–Crippen LogP) is 4.32. The fourth-order valence-electron chi connectivity index (χ4n) is 8.54. The Morgan fingerprint density at radius 2 is 1.69 bits per heavy atom. The lowest BCUT2D eigenvalue weighted by atomic mass is 10.0. The summed E-state index contributed by atoms with van der Waals surface area (Å²) in [4.78, 5) is 85.1.